The van der Waals surface area contributed by atoms with Crippen molar-refractivity contribution in [3.05, 3.63) is 30.0 Å². The van der Waals surface area contributed by atoms with Crippen LogP contribution in [-0.2, 0) is 0 Å². The van der Waals surface area contributed by atoms with Crippen LogP contribution in [0.5, 0.6) is 0 Å². The Labute approximate surface area is 111 Å². The molecule has 1 aromatic heterocycles. The summed E-state index contributed by atoms with van der Waals surface area (Å²) in [6.45, 7) is 2.97. The van der Waals surface area contributed by atoms with Gasteiger partial charge in [0.2, 0.25) is 0 Å². The van der Waals surface area contributed by atoms with Crippen LogP contribution in [0.2, 0.25) is 0 Å². The highest BCUT2D eigenvalue weighted by Crippen LogP contribution is 2.24. The Morgan fingerprint density at radius 3 is 2.79 bits per heavy atom. The van der Waals surface area contributed by atoms with E-state index < -0.39 is 5.60 Å². The lowest BCUT2D eigenvalue weighted by atomic mass is 9.93. The molecule has 0 bridgehead atoms. The molecule has 2 aromatic rings. The molecular formula is C14H17N3O2. The summed E-state index contributed by atoms with van der Waals surface area (Å²) in [5.74, 6) is -0.0621. The average molecular weight is 259 g/mol. The first-order chi connectivity index (χ1) is 9.07. The van der Waals surface area contributed by atoms with Crippen LogP contribution in [-0.4, -0.2) is 44.8 Å². The molecule has 0 aliphatic carbocycles. The Morgan fingerprint density at radius 1 is 1.37 bits per heavy atom. The average Bonchev–Trinajstić information content (AvgIpc) is 2.82. The van der Waals surface area contributed by atoms with Gasteiger partial charge < -0.3 is 10.0 Å². The zero-order chi connectivity index (χ0) is 13.5. The maximum absolute atomic E-state index is 12.4. The Morgan fingerprint density at radius 2 is 2.05 bits per heavy atom. The number of hydrogen-bond acceptors (Lipinski definition) is 3. The van der Waals surface area contributed by atoms with E-state index in [9.17, 15) is 9.90 Å². The SMILES string of the molecule is CC1(O)CCN(C(=O)c2n[nH]c3ccccc23)CC1. The first kappa shape index (κ1) is 12.2. The number of aromatic amines is 1. The van der Waals surface area contributed by atoms with Crippen LogP contribution in [0.3, 0.4) is 0 Å². The number of fused-ring (bicyclic) bond motifs is 1. The van der Waals surface area contributed by atoms with E-state index in [0.29, 0.717) is 31.6 Å². The van der Waals surface area contributed by atoms with E-state index in [1.807, 2.05) is 31.2 Å². The van der Waals surface area contributed by atoms with Gasteiger partial charge in [-0.1, -0.05) is 18.2 Å². The topological polar surface area (TPSA) is 69.2 Å². The minimum Gasteiger partial charge on any atom is -0.390 e. The smallest absolute Gasteiger partial charge is 0.274 e. The molecule has 0 saturated carbocycles. The molecule has 3 rings (SSSR count). The number of para-hydroxylation sites is 1. The molecule has 2 N–H and O–H groups in total. The lowest BCUT2D eigenvalue weighted by Crippen LogP contribution is -2.45. The van der Waals surface area contributed by atoms with E-state index in [-0.39, 0.29) is 5.91 Å². The Kier molecular flexibility index (Phi) is 2.78. The van der Waals surface area contributed by atoms with Gasteiger partial charge in [0.15, 0.2) is 5.69 Å². The number of rotatable bonds is 1. The summed E-state index contributed by atoms with van der Waals surface area (Å²) < 4.78 is 0. The number of carbonyl (C=O) groups is 1. The summed E-state index contributed by atoms with van der Waals surface area (Å²) in [7, 11) is 0. The molecule has 0 radical (unpaired) electrons. The van der Waals surface area contributed by atoms with Gasteiger partial charge in [-0.3, -0.25) is 9.89 Å². The number of amides is 1. The van der Waals surface area contributed by atoms with Crippen LogP contribution < -0.4 is 0 Å². The fraction of sp³-hybridized carbons (Fsp3) is 0.429. The van der Waals surface area contributed by atoms with Crippen molar-refractivity contribution >= 4 is 16.8 Å². The molecule has 1 amide bonds. The van der Waals surface area contributed by atoms with Crippen molar-refractivity contribution in [1.29, 1.82) is 0 Å². The molecule has 2 heterocycles. The minimum atomic E-state index is -0.648. The number of carbonyl (C=O) groups excluding carboxylic acids is 1. The van der Waals surface area contributed by atoms with Gasteiger partial charge in [0, 0.05) is 18.5 Å². The molecular weight excluding hydrogens is 242 g/mol. The van der Waals surface area contributed by atoms with Gasteiger partial charge in [0.05, 0.1) is 11.1 Å². The van der Waals surface area contributed by atoms with Crippen molar-refractivity contribution in [3.63, 3.8) is 0 Å². The number of aromatic nitrogens is 2. The molecule has 100 valence electrons. The first-order valence-electron chi connectivity index (χ1n) is 6.52. The number of nitrogens with one attached hydrogen (secondary N) is 1. The summed E-state index contributed by atoms with van der Waals surface area (Å²) in [5.41, 5.74) is 0.691. The van der Waals surface area contributed by atoms with E-state index in [1.165, 1.54) is 0 Å². The molecule has 1 fully saturated rings. The molecule has 1 aromatic carbocycles. The summed E-state index contributed by atoms with van der Waals surface area (Å²) >= 11 is 0. The highest BCUT2D eigenvalue weighted by molar-refractivity contribution is 6.04. The molecule has 5 heteroatoms. The number of nitrogens with zero attached hydrogens (tertiary/aromatic N) is 2. The van der Waals surface area contributed by atoms with Crippen molar-refractivity contribution in [3.8, 4) is 0 Å². The van der Waals surface area contributed by atoms with Gasteiger partial charge in [0.25, 0.3) is 5.91 Å². The van der Waals surface area contributed by atoms with Crippen molar-refractivity contribution in [2.45, 2.75) is 25.4 Å². The number of H-pyrrole nitrogens is 1. The third-order valence-corrected chi connectivity index (χ3v) is 3.80. The second-order valence-electron chi connectivity index (χ2n) is 5.41. The van der Waals surface area contributed by atoms with Gasteiger partial charge in [-0.2, -0.15) is 5.10 Å². The predicted octanol–water partition coefficient (Wildman–Crippen LogP) is 1.55. The zero-order valence-corrected chi connectivity index (χ0v) is 10.9. The number of hydrogen-bond donors (Lipinski definition) is 2. The van der Waals surface area contributed by atoms with Crippen molar-refractivity contribution < 1.29 is 9.90 Å². The van der Waals surface area contributed by atoms with Crippen LogP contribution in [0.15, 0.2) is 24.3 Å². The van der Waals surface area contributed by atoms with Crippen LogP contribution >= 0.6 is 0 Å². The first-order valence-corrected chi connectivity index (χ1v) is 6.52. The summed E-state index contributed by atoms with van der Waals surface area (Å²) in [6.07, 6.45) is 1.22. The lowest BCUT2D eigenvalue weighted by Gasteiger charge is -2.35. The normalized spacial score (nSPS) is 18.7. The van der Waals surface area contributed by atoms with E-state index >= 15 is 0 Å². The highest BCUT2D eigenvalue weighted by Gasteiger charge is 2.31. The van der Waals surface area contributed by atoms with Gasteiger partial charge in [-0.15, -0.1) is 0 Å². The lowest BCUT2D eigenvalue weighted by molar-refractivity contribution is -0.00213. The maximum atomic E-state index is 12.4. The molecule has 0 spiro atoms. The van der Waals surface area contributed by atoms with Crippen LogP contribution in [0, 0.1) is 0 Å². The highest BCUT2D eigenvalue weighted by atomic mass is 16.3. The van der Waals surface area contributed by atoms with Gasteiger partial charge in [0.1, 0.15) is 0 Å². The Balaban J connectivity index is 1.85. The van der Waals surface area contributed by atoms with Gasteiger partial charge in [-0.25, -0.2) is 0 Å². The number of aliphatic hydroxyl groups is 1. The second kappa shape index (κ2) is 4.35. The molecule has 0 atom stereocenters. The largest absolute Gasteiger partial charge is 0.390 e. The Bertz CT molecular complexity index is 608. The fourth-order valence-corrected chi connectivity index (χ4v) is 2.47. The molecule has 0 unspecified atom stereocenters. The molecule has 19 heavy (non-hydrogen) atoms. The molecule has 1 aliphatic heterocycles. The summed E-state index contributed by atoms with van der Waals surface area (Å²) in [4.78, 5) is 14.2. The maximum Gasteiger partial charge on any atom is 0.274 e. The van der Waals surface area contributed by atoms with Crippen molar-refractivity contribution in [1.82, 2.24) is 15.1 Å². The zero-order valence-electron chi connectivity index (χ0n) is 10.9. The van der Waals surface area contributed by atoms with Gasteiger partial charge in [-0.05, 0) is 25.8 Å². The molecule has 1 saturated heterocycles. The predicted molar refractivity (Wildman–Crippen MR) is 71.9 cm³/mol. The van der Waals surface area contributed by atoms with Gasteiger partial charge >= 0.3 is 0 Å². The van der Waals surface area contributed by atoms with E-state index in [2.05, 4.69) is 10.2 Å². The van der Waals surface area contributed by atoms with Crippen LogP contribution in [0.4, 0.5) is 0 Å². The van der Waals surface area contributed by atoms with Crippen LogP contribution in [0.25, 0.3) is 10.9 Å². The summed E-state index contributed by atoms with van der Waals surface area (Å²) in [5, 5.41) is 17.8. The second-order valence-corrected chi connectivity index (χ2v) is 5.41. The number of piperidine rings is 1. The minimum absolute atomic E-state index is 0.0621. The molecule has 5 nitrogen and oxygen atoms in total. The molecule has 1 aliphatic rings. The fourth-order valence-electron chi connectivity index (χ4n) is 2.47. The van der Waals surface area contributed by atoms with E-state index in [4.69, 9.17) is 0 Å². The number of benzene rings is 1. The summed E-state index contributed by atoms with van der Waals surface area (Å²) in [6, 6.07) is 7.61. The standard InChI is InChI=1S/C14H17N3O2/c1-14(19)6-8-17(9-7-14)13(18)12-10-4-2-3-5-11(10)15-16-12/h2-5,19H,6-9H2,1H3,(H,15,16). The third-order valence-electron chi connectivity index (χ3n) is 3.80. The van der Waals surface area contributed by atoms with Crippen molar-refractivity contribution in [2.75, 3.05) is 13.1 Å². The Hall–Kier alpha value is -1.88. The van der Waals surface area contributed by atoms with Crippen LogP contribution in [0.1, 0.15) is 30.3 Å². The monoisotopic (exact) mass is 259 g/mol. The van der Waals surface area contributed by atoms with E-state index in [0.717, 1.165) is 10.9 Å². The number of likely N-dealkylation sites (tertiary alicyclic amines) is 1. The van der Waals surface area contributed by atoms with E-state index in [1.54, 1.807) is 4.90 Å². The quantitative estimate of drug-likeness (QED) is 0.816. The van der Waals surface area contributed by atoms with Crippen molar-refractivity contribution in [2.24, 2.45) is 0 Å². The third kappa shape index (κ3) is 2.21.